The molecule has 1 unspecified atom stereocenters. The molecular formula is C21H35N. The summed E-state index contributed by atoms with van der Waals surface area (Å²) in [6, 6.07) is 9.36. The van der Waals surface area contributed by atoms with Crippen molar-refractivity contribution in [2.45, 2.75) is 78.2 Å². The molecule has 1 saturated heterocycles. The van der Waals surface area contributed by atoms with Crippen LogP contribution in [0.1, 0.15) is 71.9 Å². The first kappa shape index (κ1) is 17.5. The fourth-order valence-electron chi connectivity index (χ4n) is 3.51. The maximum Gasteiger partial charge on any atom is 0.0125 e. The summed E-state index contributed by atoms with van der Waals surface area (Å²) in [5, 5.41) is 0. The van der Waals surface area contributed by atoms with Gasteiger partial charge in [-0.2, -0.15) is 0 Å². The summed E-state index contributed by atoms with van der Waals surface area (Å²) in [5.41, 5.74) is 3.54. The van der Waals surface area contributed by atoms with Gasteiger partial charge in [0, 0.05) is 5.54 Å². The van der Waals surface area contributed by atoms with Gasteiger partial charge < -0.3 is 0 Å². The van der Waals surface area contributed by atoms with Crippen molar-refractivity contribution in [3.8, 4) is 0 Å². The van der Waals surface area contributed by atoms with Crippen LogP contribution in [-0.2, 0) is 11.8 Å². The molecule has 0 radical (unpaired) electrons. The van der Waals surface area contributed by atoms with Crippen LogP contribution in [0.2, 0.25) is 0 Å². The largest absolute Gasteiger partial charge is 0.298 e. The molecule has 0 aliphatic carbocycles. The second-order valence-electron chi connectivity index (χ2n) is 9.11. The van der Waals surface area contributed by atoms with E-state index in [9.17, 15) is 0 Å². The summed E-state index contributed by atoms with van der Waals surface area (Å²) < 4.78 is 0. The highest BCUT2D eigenvalue weighted by atomic mass is 15.2. The molecule has 0 bridgehead atoms. The van der Waals surface area contributed by atoms with Crippen LogP contribution in [0.4, 0.5) is 0 Å². The van der Waals surface area contributed by atoms with Crippen molar-refractivity contribution >= 4 is 0 Å². The molecular weight excluding hydrogens is 266 g/mol. The molecule has 0 N–H and O–H groups in total. The standard InChI is InChI=1S/C21H35N/c1-20(2,3)19-11-9-18(10-12-19)16-17-8-7-14-22(15-13-17)21(4,5)6/h9-12,17H,7-8,13-16H2,1-6H3. The minimum atomic E-state index is 0.258. The minimum absolute atomic E-state index is 0.258. The van der Waals surface area contributed by atoms with Gasteiger partial charge in [-0.05, 0) is 82.0 Å². The van der Waals surface area contributed by atoms with Gasteiger partial charge in [0.2, 0.25) is 0 Å². The van der Waals surface area contributed by atoms with Crippen LogP contribution in [0.3, 0.4) is 0 Å². The van der Waals surface area contributed by atoms with Crippen molar-refractivity contribution in [2.24, 2.45) is 5.92 Å². The number of nitrogens with zero attached hydrogens (tertiary/aromatic N) is 1. The van der Waals surface area contributed by atoms with Crippen LogP contribution in [0, 0.1) is 5.92 Å². The summed E-state index contributed by atoms with van der Waals surface area (Å²) in [6.45, 7) is 16.4. The van der Waals surface area contributed by atoms with Crippen molar-refractivity contribution in [1.82, 2.24) is 4.90 Å². The molecule has 1 aliphatic heterocycles. The monoisotopic (exact) mass is 301 g/mol. The first-order valence-corrected chi connectivity index (χ1v) is 9.01. The average Bonchev–Trinajstić information content (AvgIpc) is 2.63. The molecule has 0 amide bonds. The van der Waals surface area contributed by atoms with E-state index in [1.807, 2.05) is 0 Å². The third-order valence-electron chi connectivity index (χ3n) is 5.14. The summed E-state index contributed by atoms with van der Waals surface area (Å²) >= 11 is 0. The van der Waals surface area contributed by atoms with Crippen LogP contribution in [0.15, 0.2) is 24.3 Å². The zero-order valence-corrected chi connectivity index (χ0v) is 15.6. The summed E-state index contributed by atoms with van der Waals surface area (Å²) in [6.07, 6.45) is 5.33. The van der Waals surface area contributed by atoms with E-state index in [4.69, 9.17) is 0 Å². The third kappa shape index (κ3) is 4.84. The maximum atomic E-state index is 2.66. The Kier molecular flexibility index (Phi) is 5.37. The SMILES string of the molecule is CC(C)(C)c1ccc(CC2CCCN(C(C)(C)C)CC2)cc1. The van der Waals surface area contributed by atoms with Gasteiger partial charge >= 0.3 is 0 Å². The van der Waals surface area contributed by atoms with E-state index in [0.29, 0.717) is 5.54 Å². The van der Waals surface area contributed by atoms with Gasteiger partial charge in [-0.15, -0.1) is 0 Å². The molecule has 1 aromatic carbocycles. The van der Waals surface area contributed by atoms with E-state index in [1.165, 1.54) is 49.9 Å². The molecule has 1 nitrogen and oxygen atoms in total. The van der Waals surface area contributed by atoms with E-state index in [1.54, 1.807) is 0 Å². The fourth-order valence-corrected chi connectivity index (χ4v) is 3.51. The Morgan fingerprint density at radius 1 is 0.909 bits per heavy atom. The molecule has 0 aromatic heterocycles. The molecule has 2 rings (SSSR count). The van der Waals surface area contributed by atoms with E-state index in [0.717, 1.165) is 5.92 Å². The van der Waals surface area contributed by atoms with E-state index in [-0.39, 0.29) is 5.41 Å². The lowest BCUT2D eigenvalue weighted by Gasteiger charge is -2.34. The van der Waals surface area contributed by atoms with Crippen LogP contribution in [-0.4, -0.2) is 23.5 Å². The zero-order valence-electron chi connectivity index (χ0n) is 15.6. The highest BCUT2D eigenvalue weighted by Gasteiger charge is 2.25. The van der Waals surface area contributed by atoms with E-state index in [2.05, 4.69) is 70.7 Å². The Morgan fingerprint density at radius 2 is 1.55 bits per heavy atom. The fraction of sp³-hybridized carbons (Fsp3) is 0.714. The van der Waals surface area contributed by atoms with Gasteiger partial charge in [0.1, 0.15) is 0 Å². The van der Waals surface area contributed by atoms with Crippen LogP contribution < -0.4 is 0 Å². The number of likely N-dealkylation sites (tertiary alicyclic amines) is 1. The Bertz CT molecular complexity index is 458. The van der Waals surface area contributed by atoms with E-state index < -0.39 is 0 Å². The van der Waals surface area contributed by atoms with E-state index >= 15 is 0 Å². The topological polar surface area (TPSA) is 3.24 Å². The van der Waals surface area contributed by atoms with Gasteiger partial charge in [-0.1, -0.05) is 45.0 Å². The van der Waals surface area contributed by atoms with Crippen molar-refractivity contribution in [2.75, 3.05) is 13.1 Å². The van der Waals surface area contributed by atoms with Gasteiger partial charge in [0.15, 0.2) is 0 Å². The highest BCUT2D eigenvalue weighted by Crippen LogP contribution is 2.27. The Labute approximate surface area is 138 Å². The van der Waals surface area contributed by atoms with Crippen molar-refractivity contribution < 1.29 is 0 Å². The minimum Gasteiger partial charge on any atom is -0.298 e. The van der Waals surface area contributed by atoms with Gasteiger partial charge in [0.05, 0.1) is 0 Å². The van der Waals surface area contributed by atoms with Crippen molar-refractivity contribution in [1.29, 1.82) is 0 Å². The molecule has 1 heteroatoms. The Morgan fingerprint density at radius 3 is 2.09 bits per heavy atom. The van der Waals surface area contributed by atoms with Gasteiger partial charge in [0.25, 0.3) is 0 Å². The molecule has 1 fully saturated rings. The first-order valence-electron chi connectivity index (χ1n) is 9.01. The van der Waals surface area contributed by atoms with Crippen LogP contribution in [0.25, 0.3) is 0 Å². The molecule has 0 spiro atoms. The molecule has 1 aromatic rings. The molecule has 22 heavy (non-hydrogen) atoms. The Balaban J connectivity index is 1.94. The lowest BCUT2D eigenvalue weighted by molar-refractivity contribution is 0.141. The quantitative estimate of drug-likeness (QED) is 0.704. The van der Waals surface area contributed by atoms with Crippen LogP contribution >= 0.6 is 0 Å². The zero-order chi connectivity index (χ0) is 16.4. The lowest BCUT2D eigenvalue weighted by atomic mass is 9.85. The summed E-state index contributed by atoms with van der Waals surface area (Å²) in [4.78, 5) is 2.66. The molecule has 124 valence electrons. The summed E-state index contributed by atoms with van der Waals surface area (Å²) in [7, 11) is 0. The lowest BCUT2D eigenvalue weighted by Crippen LogP contribution is -2.41. The number of benzene rings is 1. The first-order chi connectivity index (χ1) is 10.2. The third-order valence-corrected chi connectivity index (χ3v) is 5.14. The summed E-state index contributed by atoms with van der Waals surface area (Å²) in [5.74, 6) is 0.854. The Hall–Kier alpha value is -0.820. The average molecular weight is 302 g/mol. The second-order valence-corrected chi connectivity index (χ2v) is 9.11. The predicted octanol–water partition coefficient (Wildman–Crippen LogP) is 5.43. The van der Waals surface area contributed by atoms with Crippen LogP contribution in [0.5, 0.6) is 0 Å². The number of hydrogen-bond donors (Lipinski definition) is 0. The maximum absolute atomic E-state index is 2.66. The molecule has 0 saturated carbocycles. The van der Waals surface area contributed by atoms with Crippen molar-refractivity contribution in [3.05, 3.63) is 35.4 Å². The highest BCUT2D eigenvalue weighted by molar-refractivity contribution is 5.27. The normalized spacial score (nSPS) is 21.6. The predicted molar refractivity (Wildman–Crippen MR) is 97.5 cm³/mol. The number of hydrogen-bond acceptors (Lipinski definition) is 1. The van der Waals surface area contributed by atoms with Gasteiger partial charge in [-0.25, -0.2) is 0 Å². The molecule has 1 atom stereocenters. The number of rotatable bonds is 2. The van der Waals surface area contributed by atoms with Gasteiger partial charge in [-0.3, -0.25) is 4.90 Å². The molecule has 1 heterocycles. The molecule has 1 aliphatic rings. The van der Waals surface area contributed by atoms with Crippen molar-refractivity contribution in [3.63, 3.8) is 0 Å². The smallest absolute Gasteiger partial charge is 0.0125 e. The second kappa shape index (κ2) is 6.74.